The minimum absolute atomic E-state index is 0.0477. The molecule has 1 aromatic rings. The SMILES string of the molecule is Cc1ccc(S(=O)(=O)OCCOCCOCCOCCOCCOCCOCCCCCCCl)cc1. The Balaban J connectivity index is 1.75. The van der Waals surface area contributed by atoms with Crippen LogP contribution < -0.4 is 0 Å². The normalized spacial score (nSPS) is 11.8. The maximum Gasteiger partial charge on any atom is 0.297 e. The van der Waals surface area contributed by atoms with Gasteiger partial charge in [0.05, 0.1) is 84.2 Å². The number of halogens is 1. The molecule has 0 aliphatic carbocycles. The van der Waals surface area contributed by atoms with Gasteiger partial charge in [-0.15, -0.1) is 11.6 Å². The van der Waals surface area contributed by atoms with Crippen LogP contribution in [0.1, 0.15) is 31.2 Å². The van der Waals surface area contributed by atoms with Gasteiger partial charge >= 0.3 is 0 Å². The summed E-state index contributed by atoms with van der Waals surface area (Å²) < 4.78 is 61.6. The summed E-state index contributed by atoms with van der Waals surface area (Å²) in [5.41, 5.74) is 0.981. The summed E-state index contributed by atoms with van der Waals surface area (Å²) in [6.45, 7) is 7.62. The smallest absolute Gasteiger partial charge is 0.297 e. The van der Waals surface area contributed by atoms with Crippen molar-refractivity contribution in [2.75, 3.05) is 91.8 Å². The van der Waals surface area contributed by atoms with Gasteiger partial charge in [-0.1, -0.05) is 30.5 Å². The molecule has 36 heavy (non-hydrogen) atoms. The van der Waals surface area contributed by atoms with Crippen LogP contribution in [0, 0.1) is 6.92 Å². The molecule has 0 aromatic heterocycles. The van der Waals surface area contributed by atoms with Crippen molar-refractivity contribution >= 4 is 21.7 Å². The third kappa shape index (κ3) is 19.3. The zero-order valence-corrected chi connectivity index (χ0v) is 23.1. The Morgan fingerprint density at radius 3 is 1.39 bits per heavy atom. The van der Waals surface area contributed by atoms with Crippen molar-refractivity contribution < 1.29 is 41.0 Å². The van der Waals surface area contributed by atoms with Gasteiger partial charge in [-0.2, -0.15) is 8.42 Å². The lowest BCUT2D eigenvalue weighted by Crippen LogP contribution is -2.15. The second-order valence-corrected chi connectivity index (χ2v) is 9.86. The molecule has 0 spiro atoms. The molecule has 0 atom stereocenters. The second-order valence-electron chi connectivity index (χ2n) is 7.87. The number of hydrogen-bond acceptors (Lipinski definition) is 9. The first kappa shape index (κ1) is 33.2. The average Bonchev–Trinajstić information content (AvgIpc) is 2.87. The first-order chi connectivity index (χ1) is 17.6. The van der Waals surface area contributed by atoms with Crippen LogP contribution in [0.2, 0.25) is 0 Å². The molecule has 0 N–H and O–H groups in total. The molecule has 9 nitrogen and oxygen atoms in total. The van der Waals surface area contributed by atoms with Crippen molar-refractivity contribution in [3.8, 4) is 0 Å². The third-order valence-electron chi connectivity index (χ3n) is 4.81. The van der Waals surface area contributed by atoms with E-state index in [1.165, 1.54) is 12.1 Å². The molecule has 1 aromatic carbocycles. The highest BCUT2D eigenvalue weighted by atomic mass is 35.5. The first-order valence-corrected chi connectivity index (χ1v) is 14.5. The van der Waals surface area contributed by atoms with Crippen molar-refractivity contribution in [2.45, 2.75) is 37.5 Å². The Hall–Kier alpha value is -0.820. The van der Waals surface area contributed by atoms with Crippen LogP contribution >= 0.6 is 11.6 Å². The number of benzene rings is 1. The molecule has 1 rings (SSSR count). The number of hydrogen-bond donors (Lipinski definition) is 0. The van der Waals surface area contributed by atoms with Crippen molar-refractivity contribution in [1.82, 2.24) is 0 Å². The minimum atomic E-state index is -3.76. The van der Waals surface area contributed by atoms with Gasteiger partial charge in [0.15, 0.2) is 0 Å². The molecule has 0 aliphatic rings. The zero-order chi connectivity index (χ0) is 26.2. The maximum absolute atomic E-state index is 12.0. The Labute approximate surface area is 221 Å². The fourth-order valence-electron chi connectivity index (χ4n) is 2.83. The monoisotopic (exact) mass is 554 g/mol. The van der Waals surface area contributed by atoms with E-state index in [0.29, 0.717) is 66.1 Å². The molecule has 0 amide bonds. The lowest BCUT2D eigenvalue weighted by Gasteiger charge is -2.09. The summed E-state index contributed by atoms with van der Waals surface area (Å²) in [6.07, 6.45) is 4.46. The van der Waals surface area contributed by atoms with E-state index in [0.717, 1.165) is 43.7 Å². The number of unbranched alkanes of at least 4 members (excludes halogenated alkanes) is 3. The first-order valence-electron chi connectivity index (χ1n) is 12.5. The van der Waals surface area contributed by atoms with Gasteiger partial charge in [0, 0.05) is 12.5 Å². The third-order valence-corrected chi connectivity index (χ3v) is 6.40. The van der Waals surface area contributed by atoms with Crippen LogP contribution in [0.15, 0.2) is 29.2 Å². The highest BCUT2D eigenvalue weighted by Gasteiger charge is 2.14. The van der Waals surface area contributed by atoms with E-state index in [-0.39, 0.29) is 18.1 Å². The lowest BCUT2D eigenvalue weighted by atomic mass is 10.2. The van der Waals surface area contributed by atoms with E-state index in [2.05, 4.69) is 0 Å². The molecular weight excluding hydrogens is 512 g/mol. The van der Waals surface area contributed by atoms with Gasteiger partial charge in [-0.3, -0.25) is 4.18 Å². The fourth-order valence-corrected chi connectivity index (χ4v) is 3.91. The van der Waals surface area contributed by atoms with E-state index in [1.54, 1.807) is 12.1 Å². The van der Waals surface area contributed by atoms with Gasteiger partial charge in [0.2, 0.25) is 0 Å². The summed E-state index contributed by atoms with van der Waals surface area (Å²) in [6, 6.07) is 6.50. The Bertz CT molecular complexity index is 717. The summed E-state index contributed by atoms with van der Waals surface area (Å²) in [4.78, 5) is 0.136. The maximum atomic E-state index is 12.0. The van der Waals surface area contributed by atoms with E-state index >= 15 is 0 Å². The molecule has 210 valence electrons. The van der Waals surface area contributed by atoms with E-state index in [9.17, 15) is 8.42 Å². The van der Waals surface area contributed by atoms with Crippen LogP contribution in [0.25, 0.3) is 0 Å². The molecule has 0 heterocycles. The number of alkyl halides is 1. The Kier molecular flexibility index (Phi) is 21.5. The summed E-state index contributed by atoms with van der Waals surface area (Å²) >= 11 is 5.63. The molecule has 0 radical (unpaired) electrons. The molecule has 0 saturated carbocycles. The fraction of sp³-hybridized carbons (Fsp3) is 0.760. The summed E-state index contributed by atoms with van der Waals surface area (Å²) in [5, 5.41) is 0. The van der Waals surface area contributed by atoms with Crippen LogP contribution in [-0.2, 0) is 42.7 Å². The predicted molar refractivity (Wildman–Crippen MR) is 138 cm³/mol. The van der Waals surface area contributed by atoms with Crippen LogP contribution in [0.3, 0.4) is 0 Å². The van der Waals surface area contributed by atoms with Crippen molar-refractivity contribution in [2.24, 2.45) is 0 Å². The van der Waals surface area contributed by atoms with E-state index in [1.807, 2.05) is 6.92 Å². The summed E-state index contributed by atoms with van der Waals surface area (Å²) in [5.74, 6) is 0.736. The number of aryl methyl sites for hydroxylation is 1. The molecule has 0 unspecified atom stereocenters. The molecule has 0 fully saturated rings. The summed E-state index contributed by atoms with van der Waals surface area (Å²) in [7, 11) is -3.76. The highest BCUT2D eigenvalue weighted by molar-refractivity contribution is 7.86. The molecule has 11 heteroatoms. The molecular formula is C25H43ClO9S. The standard InChI is InChI=1S/C25H43ClO9S/c1-24-6-8-25(9-7-24)36(27,28)35-23-22-34-21-20-33-19-18-32-17-16-31-15-14-30-13-12-29-11-5-3-2-4-10-26/h6-9H,2-5,10-23H2,1H3. The van der Waals surface area contributed by atoms with Gasteiger partial charge < -0.3 is 28.4 Å². The van der Waals surface area contributed by atoms with Gasteiger partial charge in [0.25, 0.3) is 10.1 Å². The second kappa shape index (κ2) is 23.3. The molecule has 0 saturated heterocycles. The average molecular weight is 555 g/mol. The minimum Gasteiger partial charge on any atom is -0.379 e. The van der Waals surface area contributed by atoms with Crippen LogP contribution in [0.5, 0.6) is 0 Å². The topological polar surface area (TPSA) is 98.8 Å². The quantitative estimate of drug-likeness (QED) is 0.0966. The van der Waals surface area contributed by atoms with E-state index < -0.39 is 10.1 Å². The molecule has 0 bridgehead atoms. The molecule has 0 aliphatic heterocycles. The van der Waals surface area contributed by atoms with Crippen molar-refractivity contribution in [1.29, 1.82) is 0 Å². The van der Waals surface area contributed by atoms with Gasteiger partial charge in [-0.25, -0.2) is 0 Å². The Morgan fingerprint density at radius 1 is 0.556 bits per heavy atom. The number of rotatable bonds is 26. The highest BCUT2D eigenvalue weighted by Crippen LogP contribution is 2.12. The van der Waals surface area contributed by atoms with Crippen molar-refractivity contribution in [3.63, 3.8) is 0 Å². The van der Waals surface area contributed by atoms with Crippen LogP contribution in [0.4, 0.5) is 0 Å². The number of ether oxygens (including phenoxy) is 6. The Morgan fingerprint density at radius 2 is 0.944 bits per heavy atom. The largest absolute Gasteiger partial charge is 0.379 e. The zero-order valence-electron chi connectivity index (χ0n) is 21.5. The lowest BCUT2D eigenvalue weighted by molar-refractivity contribution is -0.0178. The van der Waals surface area contributed by atoms with Crippen molar-refractivity contribution in [3.05, 3.63) is 29.8 Å². The van der Waals surface area contributed by atoms with Gasteiger partial charge in [0.1, 0.15) is 0 Å². The van der Waals surface area contributed by atoms with Crippen LogP contribution in [-0.4, -0.2) is 100 Å². The van der Waals surface area contributed by atoms with Gasteiger partial charge in [-0.05, 0) is 31.9 Å². The predicted octanol–water partition coefficient (Wildman–Crippen LogP) is 3.60. The van der Waals surface area contributed by atoms with E-state index in [4.69, 9.17) is 44.2 Å².